The first-order valence-corrected chi connectivity index (χ1v) is 10.1. The van der Waals surface area contributed by atoms with Crippen molar-refractivity contribution in [1.82, 2.24) is 10.3 Å². The van der Waals surface area contributed by atoms with Crippen molar-refractivity contribution in [3.05, 3.63) is 36.0 Å². The van der Waals surface area contributed by atoms with Gasteiger partial charge in [-0.2, -0.15) is 0 Å². The molecule has 23 heavy (non-hydrogen) atoms. The van der Waals surface area contributed by atoms with Gasteiger partial charge in [0.15, 0.2) is 9.84 Å². The van der Waals surface area contributed by atoms with Crippen molar-refractivity contribution in [1.29, 1.82) is 0 Å². The van der Waals surface area contributed by atoms with Gasteiger partial charge in [0.2, 0.25) is 0 Å². The fraction of sp³-hybridized carbons (Fsp3) is 0.529. The van der Waals surface area contributed by atoms with E-state index in [4.69, 9.17) is 0 Å². The number of sulfone groups is 1. The van der Waals surface area contributed by atoms with Crippen LogP contribution in [0.5, 0.6) is 0 Å². The molecule has 1 aromatic heterocycles. The molecular formula is C17H24N2O3S. The van der Waals surface area contributed by atoms with Crippen molar-refractivity contribution in [2.24, 2.45) is 0 Å². The lowest BCUT2D eigenvalue weighted by molar-refractivity contribution is 0.230. The maximum atomic E-state index is 11.9. The zero-order chi connectivity index (χ0) is 16.4. The summed E-state index contributed by atoms with van der Waals surface area (Å²) < 4.78 is 23.8. The Morgan fingerprint density at radius 3 is 2.87 bits per heavy atom. The van der Waals surface area contributed by atoms with Crippen LogP contribution in [0.2, 0.25) is 0 Å². The Labute approximate surface area is 137 Å². The molecule has 5 nitrogen and oxygen atoms in total. The van der Waals surface area contributed by atoms with Crippen molar-refractivity contribution in [3.63, 3.8) is 0 Å². The Morgan fingerprint density at radius 1 is 1.35 bits per heavy atom. The highest BCUT2D eigenvalue weighted by atomic mass is 32.2. The highest BCUT2D eigenvalue weighted by Crippen LogP contribution is 2.26. The van der Waals surface area contributed by atoms with Crippen LogP contribution in [0.15, 0.2) is 30.5 Å². The van der Waals surface area contributed by atoms with E-state index in [2.05, 4.69) is 16.4 Å². The van der Waals surface area contributed by atoms with E-state index in [0.717, 1.165) is 29.3 Å². The molecule has 0 spiro atoms. The molecule has 1 aromatic carbocycles. The molecule has 3 rings (SSSR count). The number of aliphatic hydroxyl groups excluding tert-OH is 1. The minimum absolute atomic E-state index is 0.00745. The molecule has 1 saturated carbocycles. The van der Waals surface area contributed by atoms with Crippen molar-refractivity contribution in [3.8, 4) is 0 Å². The third kappa shape index (κ3) is 3.59. The molecule has 3 atom stereocenters. The van der Waals surface area contributed by atoms with Gasteiger partial charge in [-0.05, 0) is 30.9 Å². The van der Waals surface area contributed by atoms with Crippen LogP contribution in [-0.2, 0) is 16.3 Å². The summed E-state index contributed by atoms with van der Waals surface area (Å²) in [5.41, 5.74) is 2.22. The second-order valence-corrected chi connectivity index (χ2v) is 8.78. The summed E-state index contributed by atoms with van der Waals surface area (Å²) in [7, 11) is -3.05. The van der Waals surface area contributed by atoms with E-state index in [0.29, 0.717) is 12.8 Å². The molecule has 6 heteroatoms. The number of rotatable bonds is 6. The predicted molar refractivity (Wildman–Crippen MR) is 92.3 cm³/mol. The number of hydrogen-bond donors (Lipinski definition) is 3. The number of hydrogen-bond acceptors (Lipinski definition) is 4. The van der Waals surface area contributed by atoms with E-state index in [1.165, 1.54) is 6.26 Å². The maximum Gasteiger partial charge on any atom is 0.151 e. The Morgan fingerprint density at radius 2 is 2.13 bits per heavy atom. The fourth-order valence-electron chi connectivity index (χ4n) is 3.67. The van der Waals surface area contributed by atoms with Gasteiger partial charge in [-0.1, -0.05) is 24.6 Å². The lowest BCUT2D eigenvalue weighted by Crippen LogP contribution is -2.47. The van der Waals surface area contributed by atoms with Crippen molar-refractivity contribution < 1.29 is 13.5 Å². The quantitative estimate of drug-likeness (QED) is 0.749. The van der Waals surface area contributed by atoms with Gasteiger partial charge >= 0.3 is 0 Å². The SMILES string of the molecule is CS(=O)(=O)[C@@H]1CCC[C@@H]1N[C@@H](CO)Cc1c[nH]c2ccccc12. The number of aromatic amines is 1. The number of fused-ring (bicyclic) bond motifs is 1. The molecule has 0 unspecified atom stereocenters. The number of aliphatic hydroxyl groups is 1. The summed E-state index contributed by atoms with van der Waals surface area (Å²) in [5.74, 6) is 0. The van der Waals surface area contributed by atoms with Crippen LogP contribution >= 0.6 is 0 Å². The Kier molecular flexibility index (Phi) is 4.75. The van der Waals surface area contributed by atoms with E-state index < -0.39 is 9.84 Å². The highest BCUT2D eigenvalue weighted by molar-refractivity contribution is 7.91. The number of nitrogens with one attached hydrogen (secondary N) is 2. The number of H-pyrrole nitrogens is 1. The van der Waals surface area contributed by atoms with E-state index in [-0.39, 0.29) is 23.9 Å². The normalized spacial score (nSPS) is 23.4. The van der Waals surface area contributed by atoms with Gasteiger partial charge in [0.05, 0.1) is 11.9 Å². The lowest BCUT2D eigenvalue weighted by Gasteiger charge is -2.25. The predicted octanol–water partition coefficient (Wildman–Crippen LogP) is 1.63. The van der Waals surface area contributed by atoms with E-state index in [1.807, 2.05) is 24.4 Å². The van der Waals surface area contributed by atoms with Crippen LogP contribution < -0.4 is 5.32 Å². The average molecular weight is 336 g/mol. The topological polar surface area (TPSA) is 82.2 Å². The monoisotopic (exact) mass is 336 g/mol. The zero-order valence-corrected chi connectivity index (χ0v) is 14.1. The average Bonchev–Trinajstić information content (AvgIpc) is 3.13. The van der Waals surface area contributed by atoms with Gasteiger partial charge in [0.25, 0.3) is 0 Å². The third-order valence-corrected chi connectivity index (χ3v) is 6.48. The Hall–Kier alpha value is -1.37. The molecular weight excluding hydrogens is 312 g/mol. The molecule has 0 bridgehead atoms. The molecule has 0 saturated heterocycles. The van der Waals surface area contributed by atoms with Crippen molar-refractivity contribution in [2.75, 3.05) is 12.9 Å². The van der Waals surface area contributed by atoms with E-state index in [1.54, 1.807) is 0 Å². The number of benzene rings is 1. The molecule has 2 aromatic rings. The highest BCUT2D eigenvalue weighted by Gasteiger charge is 2.35. The summed E-state index contributed by atoms with van der Waals surface area (Å²) in [6, 6.07) is 7.87. The third-order valence-electron chi connectivity index (χ3n) is 4.81. The van der Waals surface area contributed by atoms with Gasteiger partial charge < -0.3 is 15.4 Å². The molecule has 1 aliphatic rings. The van der Waals surface area contributed by atoms with E-state index >= 15 is 0 Å². The van der Waals surface area contributed by atoms with Gasteiger partial charge in [-0.3, -0.25) is 0 Å². The van der Waals surface area contributed by atoms with Gasteiger partial charge in [0.1, 0.15) is 0 Å². The van der Waals surface area contributed by atoms with Gasteiger partial charge in [-0.25, -0.2) is 8.42 Å². The van der Waals surface area contributed by atoms with E-state index in [9.17, 15) is 13.5 Å². The standard InChI is InChI=1S/C17H24N2O3S/c1-23(21,22)17-8-4-7-16(17)19-13(11-20)9-12-10-18-15-6-3-2-5-14(12)15/h2-3,5-6,10,13,16-20H,4,7-9,11H2,1H3/t13-,16+,17-/m1/s1. The minimum atomic E-state index is -3.05. The van der Waals surface area contributed by atoms with Crippen LogP contribution in [-0.4, -0.2) is 48.7 Å². The fourth-order valence-corrected chi connectivity index (χ4v) is 5.08. The Balaban J connectivity index is 1.73. The second-order valence-electron chi connectivity index (χ2n) is 6.52. The molecule has 1 fully saturated rings. The van der Waals surface area contributed by atoms with Crippen LogP contribution in [0.25, 0.3) is 10.9 Å². The van der Waals surface area contributed by atoms with Crippen LogP contribution in [0.1, 0.15) is 24.8 Å². The molecule has 3 N–H and O–H groups in total. The first-order valence-electron chi connectivity index (χ1n) is 8.10. The minimum Gasteiger partial charge on any atom is -0.395 e. The summed E-state index contributed by atoms with van der Waals surface area (Å²) >= 11 is 0. The molecule has 0 aliphatic heterocycles. The maximum absolute atomic E-state index is 11.9. The van der Waals surface area contributed by atoms with Crippen molar-refractivity contribution >= 4 is 20.7 Å². The largest absolute Gasteiger partial charge is 0.395 e. The van der Waals surface area contributed by atoms with Crippen LogP contribution in [0, 0.1) is 0 Å². The lowest BCUT2D eigenvalue weighted by atomic mass is 10.0. The zero-order valence-electron chi connectivity index (χ0n) is 13.3. The summed E-state index contributed by atoms with van der Waals surface area (Å²) in [6.07, 6.45) is 6.43. The molecule has 126 valence electrons. The molecule has 0 radical (unpaired) electrons. The summed E-state index contributed by atoms with van der Waals surface area (Å²) in [6.45, 7) is -0.00745. The van der Waals surface area contributed by atoms with Gasteiger partial charge in [-0.15, -0.1) is 0 Å². The second kappa shape index (κ2) is 6.63. The Bertz CT molecular complexity index is 769. The summed E-state index contributed by atoms with van der Waals surface area (Å²) in [5, 5.41) is 13.9. The van der Waals surface area contributed by atoms with Crippen molar-refractivity contribution in [2.45, 2.75) is 43.0 Å². The summed E-state index contributed by atoms with van der Waals surface area (Å²) in [4.78, 5) is 3.24. The van der Waals surface area contributed by atoms with Crippen LogP contribution in [0.4, 0.5) is 0 Å². The first-order chi connectivity index (χ1) is 11.0. The molecule has 1 aliphatic carbocycles. The first kappa shape index (κ1) is 16.5. The van der Waals surface area contributed by atoms with Gasteiger partial charge in [0, 0.05) is 35.4 Å². The molecule has 1 heterocycles. The number of para-hydroxylation sites is 1. The van der Waals surface area contributed by atoms with Crippen LogP contribution in [0.3, 0.4) is 0 Å². The number of aromatic nitrogens is 1. The smallest absolute Gasteiger partial charge is 0.151 e. The molecule has 0 amide bonds.